The second-order valence-electron chi connectivity index (χ2n) is 4.64. The summed E-state index contributed by atoms with van der Waals surface area (Å²) < 4.78 is 5.42. The van der Waals surface area contributed by atoms with Gasteiger partial charge in [-0.1, -0.05) is 13.8 Å². The molecule has 2 saturated heterocycles. The summed E-state index contributed by atoms with van der Waals surface area (Å²) in [5, 5.41) is 9.10. The van der Waals surface area contributed by atoms with Gasteiger partial charge in [-0.05, 0) is 12.3 Å². The third kappa shape index (κ3) is 1.53. The molecule has 0 aliphatic carbocycles. The summed E-state index contributed by atoms with van der Waals surface area (Å²) in [6, 6.07) is -0.0698. The molecular weight excluding hydrogens is 182 g/mol. The molecule has 2 aliphatic rings. The van der Waals surface area contributed by atoms with E-state index in [1.165, 1.54) is 0 Å². The fourth-order valence-electron chi connectivity index (χ4n) is 2.52. The van der Waals surface area contributed by atoms with Crippen LogP contribution in [-0.2, 0) is 9.53 Å². The lowest BCUT2D eigenvalue weighted by molar-refractivity contribution is -0.150. The number of nitrogens with zero attached hydrogens (tertiary/aromatic N) is 1. The molecule has 3 atom stereocenters. The van der Waals surface area contributed by atoms with Crippen molar-refractivity contribution in [1.29, 1.82) is 0 Å². The molecule has 0 aromatic heterocycles. The van der Waals surface area contributed by atoms with Crippen LogP contribution >= 0.6 is 0 Å². The van der Waals surface area contributed by atoms with Crippen LogP contribution in [0.25, 0.3) is 0 Å². The number of morpholine rings is 1. The second kappa shape index (κ2) is 3.51. The molecule has 2 aliphatic heterocycles. The molecule has 0 aromatic carbocycles. The molecule has 1 N–H and O–H groups in total. The number of rotatable bonds is 3. The van der Waals surface area contributed by atoms with Gasteiger partial charge in [0.05, 0.1) is 12.7 Å². The first kappa shape index (κ1) is 9.93. The minimum Gasteiger partial charge on any atom is -0.480 e. The van der Waals surface area contributed by atoms with E-state index < -0.39 is 12.0 Å². The summed E-state index contributed by atoms with van der Waals surface area (Å²) in [6.07, 6.45) is 0.820. The molecule has 0 aromatic rings. The van der Waals surface area contributed by atoms with Gasteiger partial charge in [0.25, 0.3) is 0 Å². The first-order valence-electron chi connectivity index (χ1n) is 5.19. The zero-order valence-electron chi connectivity index (χ0n) is 8.64. The zero-order chi connectivity index (χ0) is 10.3. The minimum atomic E-state index is -0.738. The van der Waals surface area contributed by atoms with Crippen molar-refractivity contribution in [3.05, 3.63) is 0 Å². The third-order valence-electron chi connectivity index (χ3n) is 3.01. The summed E-state index contributed by atoms with van der Waals surface area (Å²) in [4.78, 5) is 13.2. The van der Waals surface area contributed by atoms with E-state index in [-0.39, 0.29) is 6.10 Å². The molecule has 4 nitrogen and oxygen atoms in total. The molecule has 2 heterocycles. The summed E-state index contributed by atoms with van der Waals surface area (Å²) >= 11 is 0. The van der Waals surface area contributed by atoms with Gasteiger partial charge in [0.2, 0.25) is 0 Å². The number of carbonyl (C=O) groups is 1. The summed E-state index contributed by atoms with van der Waals surface area (Å²) in [7, 11) is 0. The molecule has 0 amide bonds. The SMILES string of the molecule is CC(C)CN1C2COC(C2)C1C(=O)O. The van der Waals surface area contributed by atoms with Gasteiger partial charge in [-0.2, -0.15) is 0 Å². The Balaban J connectivity index is 2.09. The predicted molar refractivity (Wildman–Crippen MR) is 51.1 cm³/mol. The van der Waals surface area contributed by atoms with E-state index in [1.54, 1.807) is 0 Å². The van der Waals surface area contributed by atoms with Gasteiger partial charge >= 0.3 is 5.97 Å². The van der Waals surface area contributed by atoms with Crippen LogP contribution < -0.4 is 0 Å². The monoisotopic (exact) mass is 199 g/mol. The van der Waals surface area contributed by atoms with Crippen LogP contribution in [0.5, 0.6) is 0 Å². The van der Waals surface area contributed by atoms with Crippen molar-refractivity contribution in [1.82, 2.24) is 4.90 Å². The van der Waals surface area contributed by atoms with Crippen LogP contribution in [-0.4, -0.2) is 47.3 Å². The third-order valence-corrected chi connectivity index (χ3v) is 3.01. The van der Waals surface area contributed by atoms with Gasteiger partial charge < -0.3 is 9.84 Å². The van der Waals surface area contributed by atoms with Crippen LogP contribution in [0.4, 0.5) is 0 Å². The van der Waals surface area contributed by atoms with Crippen molar-refractivity contribution in [2.24, 2.45) is 5.92 Å². The highest BCUT2D eigenvalue weighted by Gasteiger charge is 2.50. The first-order valence-corrected chi connectivity index (χ1v) is 5.19. The van der Waals surface area contributed by atoms with E-state index >= 15 is 0 Å². The van der Waals surface area contributed by atoms with Crippen molar-refractivity contribution in [2.45, 2.75) is 38.5 Å². The standard InChI is InChI=1S/C10H17NO3/c1-6(2)4-11-7-3-8(14-5-7)9(11)10(12)13/h6-9H,3-5H2,1-2H3,(H,12,13). The van der Waals surface area contributed by atoms with E-state index in [0.717, 1.165) is 13.0 Å². The van der Waals surface area contributed by atoms with Crippen molar-refractivity contribution < 1.29 is 14.6 Å². The molecule has 0 saturated carbocycles. The Kier molecular flexibility index (Phi) is 2.49. The first-order chi connectivity index (χ1) is 6.59. The predicted octanol–water partition coefficient (Wildman–Crippen LogP) is 0.569. The summed E-state index contributed by atoms with van der Waals surface area (Å²) in [5.74, 6) is -0.228. The number of ether oxygens (including phenoxy) is 1. The van der Waals surface area contributed by atoms with Gasteiger partial charge in [-0.25, -0.2) is 0 Å². The van der Waals surface area contributed by atoms with Crippen LogP contribution in [0.2, 0.25) is 0 Å². The Labute approximate surface area is 83.8 Å². The van der Waals surface area contributed by atoms with E-state index in [4.69, 9.17) is 9.84 Å². The lowest BCUT2D eigenvalue weighted by Crippen LogP contribution is -2.51. The average molecular weight is 199 g/mol. The highest BCUT2D eigenvalue weighted by atomic mass is 16.5. The lowest BCUT2D eigenvalue weighted by atomic mass is 10.1. The average Bonchev–Trinajstić information content (AvgIpc) is 2.61. The van der Waals surface area contributed by atoms with Crippen LogP contribution in [0.3, 0.4) is 0 Å². The maximum absolute atomic E-state index is 11.1. The number of carboxylic acids is 1. The number of aliphatic carboxylic acids is 1. The van der Waals surface area contributed by atoms with Gasteiger partial charge in [0.1, 0.15) is 6.04 Å². The lowest BCUT2D eigenvalue weighted by Gasteiger charge is -2.33. The van der Waals surface area contributed by atoms with Crippen molar-refractivity contribution in [3.8, 4) is 0 Å². The van der Waals surface area contributed by atoms with E-state index in [1.807, 2.05) is 0 Å². The van der Waals surface area contributed by atoms with Gasteiger partial charge in [0.15, 0.2) is 0 Å². The second-order valence-corrected chi connectivity index (χ2v) is 4.64. The summed E-state index contributed by atoms with van der Waals surface area (Å²) in [6.45, 7) is 5.81. The molecule has 0 spiro atoms. The number of hydrogen-bond acceptors (Lipinski definition) is 3. The Morgan fingerprint density at radius 3 is 2.93 bits per heavy atom. The Morgan fingerprint density at radius 1 is 1.64 bits per heavy atom. The molecule has 0 radical (unpaired) electrons. The molecule has 3 unspecified atom stereocenters. The van der Waals surface area contributed by atoms with Gasteiger partial charge in [0, 0.05) is 12.6 Å². The quantitative estimate of drug-likeness (QED) is 0.722. The summed E-state index contributed by atoms with van der Waals surface area (Å²) in [5.41, 5.74) is 0. The number of carboxylic acid groups (broad SMARTS) is 1. The topological polar surface area (TPSA) is 49.8 Å². The van der Waals surface area contributed by atoms with E-state index in [0.29, 0.717) is 18.6 Å². The molecule has 14 heavy (non-hydrogen) atoms. The number of fused-ring (bicyclic) bond motifs is 2. The largest absolute Gasteiger partial charge is 0.480 e. The molecule has 2 fully saturated rings. The van der Waals surface area contributed by atoms with E-state index in [9.17, 15) is 4.79 Å². The fraction of sp³-hybridized carbons (Fsp3) is 0.900. The Morgan fingerprint density at radius 2 is 2.36 bits per heavy atom. The number of hydrogen-bond donors (Lipinski definition) is 1. The molecule has 2 bridgehead atoms. The van der Waals surface area contributed by atoms with Crippen molar-refractivity contribution in [2.75, 3.05) is 13.2 Å². The van der Waals surface area contributed by atoms with Crippen molar-refractivity contribution in [3.63, 3.8) is 0 Å². The van der Waals surface area contributed by atoms with Gasteiger partial charge in [-0.15, -0.1) is 0 Å². The molecule has 4 heteroatoms. The minimum absolute atomic E-state index is 0.0729. The molecule has 2 rings (SSSR count). The Bertz CT molecular complexity index is 242. The highest BCUT2D eigenvalue weighted by molar-refractivity contribution is 5.75. The van der Waals surface area contributed by atoms with Gasteiger partial charge in [-0.3, -0.25) is 9.69 Å². The molecule has 80 valence electrons. The van der Waals surface area contributed by atoms with Crippen LogP contribution in [0.15, 0.2) is 0 Å². The zero-order valence-corrected chi connectivity index (χ0v) is 8.64. The van der Waals surface area contributed by atoms with E-state index in [2.05, 4.69) is 18.7 Å². The highest BCUT2D eigenvalue weighted by Crippen LogP contribution is 2.34. The fourth-order valence-corrected chi connectivity index (χ4v) is 2.52. The Hall–Kier alpha value is -0.610. The van der Waals surface area contributed by atoms with Crippen LogP contribution in [0, 0.1) is 5.92 Å². The molecular formula is C10H17NO3. The van der Waals surface area contributed by atoms with Crippen LogP contribution in [0.1, 0.15) is 20.3 Å². The number of likely N-dealkylation sites (tertiary alicyclic amines) is 1. The maximum atomic E-state index is 11.1. The van der Waals surface area contributed by atoms with Crippen molar-refractivity contribution >= 4 is 5.97 Å². The normalized spacial score (nSPS) is 36.9. The smallest absolute Gasteiger partial charge is 0.323 e. The maximum Gasteiger partial charge on any atom is 0.323 e.